The first kappa shape index (κ1) is 15.3. The van der Waals surface area contributed by atoms with E-state index in [2.05, 4.69) is 27.1 Å². The molecule has 1 saturated heterocycles. The van der Waals surface area contributed by atoms with Gasteiger partial charge in [-0.3, -0.25) is 5.10 Å². The molecule has 6 heteroatoms. The Morgan fingerprint density at radius 2 is 2.26 bits per heavy atom. The zero-order valence-electron chi connectivity index (χ0n) is 13.0. The van der Waals surface area contributed by atoms with Crippen LogP contribution < -0.4 is 5.32 Å². The molecule has 0 bridgehead atoms. The first-order chi connectivity index (χ1) is 11.3. The predicted octanol–water partition coefficient (Wildman–Crippen LogP) is 2.55. The van der Waals surface area contributed by atoms with Crippen molar-refractivity contribution < 1.29 is 4.79 Å². The molecule has 1 unspecified atom stereocenters. The van der Waals surface area contributed by atoms with Gasteiger partial charge in [0, 0.05) is 31.1 Å². The summed E-state index contributed by atoms with van der Waals surface area (Å²) in [6, 6.07) is 9.84. The molecule has 1 atom stereocenters. The van der Waals surface area contributed by atoms with Gasteiger partial charge in [-0.05, 0) is 12.8 Å². The maximum atomic E-state index is 12.1. The van der Waals surface area contributed by atoms with Crippen molar-refractivity contribution in [3.05, 3.63) is 48.8 Å². The molecule has 6 nitrogen and oxygen atoms in total. The zero-order valence-corrected chi connectivity index (χ0v) is 13.0. The molecule has 2 amide bonds. The molecule has 1 aliphatic rings. The Morgan fingerprint density at radius 1 is 1.43 bits per heavy atom. The number of H-pyrrole nitrogens is 1. The van der Waals surface area contributed by atoms with Crippen molar-refractivity contribution in [1.82, 2.24) is 25.4 Å². The Hall–Kier alpha value is -2.63. The van der Waals surface area contributed by atoms with Crippen molar-refractivity contribution >= 4 is 6.03 Å². The van der Waals surface area contributed by atoms with Crippen LogP contribution in [0, 0.1) is 0 Å². The van der Waals surface area contributed by atoms with Crippen molar-refractivity contribution in [2.24, 2.45) is 0 Å². The van der Waals surface area contributed by atoms with Crippen LogP contribution in [0.2, 0.25) is 0 Å². The van der Waals surface area contributed by atoms with E-state index in [1.165, 1.54) is 0 Å². The largest absolute Gasteiger partial charge is 0.335 e. The van der Waals surface area contributed by atoms with E-state index >= 15 is 0 Å². The number of aromatic amines is 1. The lowest BCUT2D eigenvalue weighted by atomic mass is 9.97. The van der Waals surface area contributed by atoms with Crippen LogP contribution in [0.25, 0.3) is 11.4 Å². The molecular weight excluding hydrogens is 290 g/mol. The molecule has 2 N–H and O–H groups in total. The van der Waals surface area contributed by atoms with Crippen LogP contribution in [0.5, 0.6) is 0 Å². The van der Waals surface area contributed by atoms with Crippen LogP contribution in [-0.2, 0) is 0 Å². The van der Waals surface area contributed by atoms with Gasteiger partial charge in [0.1, 0.15) is 5.82 Å². The van der Waals surface area contributed by atoms with E-state index in [1.54, 1.807) is 6.08 Å². The van der Waals surface area contributed by atoms with E-state index in [4.69, 9.17) is 0 Å². The molecule has 2 aromatic rings. The van der Waals surface area contributed by atoms with Crippen LogP contribution in [-0.4, -0.2) is 45.7 Å². The maximum Gasteiger partial charge on any atom is 0.317 e. The van der Waals surface area contributed by atoms with E-state index in [0.29, 0.717) is 18.9 Å². The van der Waals surface area contributed by atoms with Crippen LogP contribution >= 0.6 is 0 Å². The van der Waals surface area contributed by atoms with Crippen molar-refractivity contribution in [3.63, 3.8) is 0 Å². The van der Waals surface area contributed by atoms with Crippen LogP contribution in [0.15, 0.2) is 43.0 Å². The molecule has 3 rings (SSSR count). The van der Waals surface area contributed by atoms with Crippen LogP contribution in [0.3, 0.4) is 0 Å². The Labute approximate surface area is 135 Å². The third kappa shape index (κ3) is 3.59. The minimum absolute atomic E-state index is 0.0441. The van der Waals surface area contributed by atoms with Crippen molar-refractivity contribution in [2.75, 3.05) is 19.6 Å². The van der Waals surface area contributed by atoms with E-state index in [1.807, 2.05) is 35.2 Å². The number of nitrogens with one attached hydrogen (secondary N) is 2. The Kier molecular flexibility index (Phi) is 4.71. The topological polar surface area (TPSA) is 73.9 Å². The van der Waals surface area contributed by atoms with E-state index in [0.717, 1.165) is 30.8 Å². The first-order valence-corrected chi connectivity index (χ1v) is 7.89. The van der Waals surface area contributed by atoms with Gasteiger partial charge >= 0.3 is 6.03 Å². The second-order valence-corrected chi connectivity index (χ2v) is 5.67. The third-order valence-corrected chi connectivity index (χ3v) is 4.03. The van der Waals surface area contributed by atoms with Crippen molar-refractivity contribution in [1.29, 1.82) is 0 Å². The van der Waals surface area contributed by atoms with Crippen molar-refractivity contribution in [3.8, 4) is 11.4 Å². The van der Waals surface area contributed by atoms with Crippen LogP contribution in [0.4, 0.5) is 4.79 Å². The molecule has 0 aliphatic carbocycles. The fourth-order valence-corrected chi connectivity index (χ4v) is 2.83. The average Bonchev–Trinajstić information content (AvgIpc) is 3.11. The van der Waals surface area contributed by atoms with Gasteiger partial charge in [0.2, 0.25) is 0 Å². The fourth-order valence-electron chi connectivity index (χ4n) is 2.83. The quantitative estimate of drug-likeness (QED) is 0.852. The number of amides is 2. The van der Waals surface area contributed by atoms with E-state index in [9.17, 15) is 4.79 Å². The fraction of sp³-hybridized carbons (Fsp3) is 0.353. The number of hydrogen-bond donors (Lipinski definition) is 2. The number of aromatic nitrogens is 3. The minimum Gasteiger partial charge on any atom is -0.335 e. The standard InChI is InChI=1S/C17H21N5O/c1-2-10-18-17(23)22-11-6-9-14(12-22)16-19-15(20-21-16)13-7-4-3-5-8-13/h2-5,7-8,14H,1,6,9-12H2,(H,18,23)(H,19,20,21). The highest BCUT2D eigenvalue weighted by Crippen LogP contribution is 2.26. The molecule has 1 fully saturated rings. The third-order valence-electron chi connectivity index (χ3n) is 4.03. The number of piperidine rings is 1. The summed E-state index contributed by atoms with van der Waals surface area (Å²) in [5.41, 5.74) is 0.992. The molecule has 0 saturated carbocycles. The highest BCUT2D eigenvalue weighted by Gasteiger charge is 2.26. The summed E-state index contributed by atoms with van der Waals surface area (Å²) in [5, 5.41) is 10.2. The zero-order chi connectivity index (χ0) is 16.1. The number of rotatable bonds is 4. The Bertz CT molecular complexity index is 667. The number of benzene rings is 1. The molecule has 1 aromatic carbocycles. The molecular formula is C17H21N5O. The molecule has 120 valence electrons. The highest BCUT2D eigenvalue weighted by atomic mass is 16.2. The summed E-state index contributed by atoms with van der Waals surface area (Å²) in [4.78, 5) is 18.5. The maximum absolute atomic E-state index is 12.1. The summed E-state index contributed by atoms with van der Waals surface area (Å²) >= 11 is 0. The Balaban J connectivity index is 1.68. The molecule has 1 aliphatic heterocycles. The number of carbonyl (C=O) groups excluding carboxylic acids is 1. The summed E-state index contributed by atoms with van der Waals surface area (Å²) in [7, 11) is 0. The van der Waals surface area contributed by atoms with Crippen molar-refractivity contribution in [2.45, 2.75) is 18.8 Å². The monoisotopic (exact) mass is 311 g/mol. The average molecular weight is 311 g/mol. The number of urea groups is 1. The Morgan fingerprint density at radius 3 is 3.04 bits per heavy atom. The van der Waals surface area contributed by atoms with Gasteiger partial charge in [-0.1, -0.05) is 36.4 Å². The first-order valence-electron chi connectivity index (χ1n) is 7.89. The molecule has 0 spiro atoms. The second-order valence-electron chi connectivity index (χ2n) is 5.67. The van der Waals surface area contributed by atoms with Gasteiger partial charge in [-0.15, -0.1) is 6.58 Å². The predicted molar refractivity (Wildman–Crippen MR) is 89.0 cm³/mol. The van der Waals surface area contributed by atoms with Gasteiger partial charge in [-0.25, -0.2) is 9.78 Å². The lowest BCUT2D eigenvalue weighted by Crippen LogP contribution is -2.45. The summed E-state index contributed by atoms with van der Waals surface area (Å²) in [6.45, 7) is 5.54. The summed E-state index contributed by atoms with van der Waals surface area (Å²) in [6.07, 6.45) is 3.66. The van der Waals surface area contributed by atoms with Gasteiger partial charge in [0.05, 0.1) is 0 Å². The number of nitrogens with zero attached hydrogens (tertiary/aromatic N) is 3. The van der Waals surface area contributed by atoms with E-state index < -0.39 is 0 Å². The van der Waals surface area contributed by atoms with Gasteiger partial charge in [0.15, 0.2) is 5.82 Å². The second kappa shape index (κ2) is 7.09. The van der Waals surface area contributed by atoms with Gasteiger partial charge < -0.3 is 10.2 Å². The smallest absolute Gasteiger partial charge is 0.317 e. The minimum atomic E-state index is -0.0441. The molecule has 0 radical (unpaired) electrons. The molecule has 1 aromatic heterocycles. The van der Waals surface area contributed by atoms with Gasteiger partial charge in [-0.2, -0.15) is 5.10 Å². The number of carbonyl (C=O) groups is 1. The summed E-state index contributed by atoms with van der Waals surface area (Å²) < 4.78 is 0. The number of hydrogen-bond acceptors (Lipinski definition) is 3. The normalized spacial score (nSPS) is 17.7. The van der Waals surface area contributed by atoms with Crippen LogP contribution in [0.1, 0.15) is 24.6 Å². The molecule has 23 heavy (non-hydrogen) atoms. The molecule has 2 heterocycles. The lowest BCUT2D eigenvalue weighted by molar-refractivity contribution is 0.179. The summed E-state index contributed by atoms with van der Waals surface area (Å²) in [5.74, 6) is 1.75. The number of likely N-dealkylation sites (tertiary alicyclic amines) is 1. The lowest BCUT2D eigenvalue weighted by Gasteiger charge is -2.31. The van der Waals surface area contributed by atoms with E-state index in [-0.39, 0.29) is 11.9 Å². The highest BCUT2D eigenvalue weighted by molar-refractivity contribution is 5.74. The SMILES string of the molecule is C=CCNC(=O)N1CCCC(c2nc(-c3ccccc3)n[nH]2)C1. The van der Waals surface area contributed by atoms with Gasteiger partial charge in [0.25, 0.3) is 0 Å².